The Kier molecular flexibility index (Phi) is 4.23. The largest absolute Gasteiger partial charge is 1.00 e. The van der Waals surface area contributed by atoms with Gasteiger partial charge in [0.1, 0.15) is 0 Å². The van der Waals surface area contributed by atoms with Crippen LogP contribution in [0.15, 0.2) is 30.7 Å². The molecule has 94 valence electrons. The van der Waals surface area contributed by atoms with Crippen LogP contribution in [0.2, 0.25) is 0 Å². The van der Waals surface area contributed by atoms with E-state index >= 15 is 0 Å². The van der Waals surface area contributed by atoms with Gasteiger partial charge in [-0.05, 0) is 36.1 Å². The Hall–Kier alpha value is -2.09. The molecule has 0 fully saturated rings. The Balaban J connectivity index is 0.00000147. The van der Waals surface area contributed by atoms with Gasteiger partial charge in [0.05, 0.1) is 11.9 Å². The second-order valence-corrected chi connectivity index (χ2v) is 4.27. The van der Waals surface area contributed by atoms with Crippen molar-refractivity contribution in [2.45, 2.75) is 6.92 Å². The van der Waals surface area contributed by atoms with Gasteiger partial charge >= 0.3 is 18.9 Å². The number of hydrogen-bond acceptors (Lipinski definition) is 4. The SMILES string of the molecule is Cc1cc2[n-]nc(/C=C/c3cnccn3)c2cc1N.[Li+]. The smallest absolute Gasteiger partial charge is 0.574 e. The monoisotopic (exact) mass is 257 g/mol. The Morgan fingerprint density at radius 1 is 1.20 bits per heavy atom. The zero-order valence-corrected chi connectivity index (χ0v) is 11.4. The van der Waals surface area contributed by atoms with Gasteiger partial charge in [-0.1, -0.05) is 6.07 Å². The molecular formula is C14H12LiN5. The van der Waals surface area contributed by atoms with Crippen LogP contribution in [0.1, 0.15) is 17.0 Å². The number of aryl methyl sites for hydroxylation is 1. The van der Waals surface area contributed by atoms with Gasteiger partial charge in [0, 0.05) is 23.8 Å². The summed E-state index contributed by atoms with van der Waals surface area (Å²) in [7, 11) is 0. The molecule has 3 rings (SSSR count). The number of benzene rings is 1. The average molecular weight is 257 g/mol. The second kappa shape index (κ2) is 5.91. The fourth-order valence-corrected chi connectivity index (χ4v) is 1.84. The molecule has 0 aliphatic carbocycles. The second-order valence-electron chi connectivity index (χ2n) is 4.27. The molecule has 0 saturated carbocycles. The first-order valence-corrected chi connectivity index (χ1v) is 5.87. The summed E-state index contributed by atoms with van der Waals surface area (Å²) in [5.41, 5.74) is 10.1. The van der Waals surface area contributed by atoms with E-state index in [-0.39, 0.29) is 18.9 Å². The van der Waals surface area contributed by atoms with E-state index in [9.17, 15) is 0 Å². The third-order valence-corrected chi connectivity index (χ3v) is 2.92. The van der Waals surface area contributed by atoms with Crippen molar-refractivity contribution < 1.29 is 18.9 Å². The number of anilines is 1. The molecule has 2 N–H and O–H groups in total. The number of aromatic nitrogens is 4. The minimum Gasteiger partial charge on any atom is -0.574 e. The van der Waals surface area contributed by atoms with Gasteiger partial charge in [0.2, 0.25) is 0 Å². The van der Waals surface area contributed by atoms with Gasteiger partial charge in [-0.25, -0.2) is 0 Å². The van der Waals surface area contributed by atoms with E-state index in [1.165, 1.54) is 0 Å². The molecule has 1 aromatic carbocycles. The number of nitrogens with zero attached hydrogens (tertiary/aromatic N) is 4. The van der Waals surface area contributed by atoms with Crippen LogP contribution in [-0.2, 0) is 0 Å². The summed E-state index contributed by atoms with van der Waals surface area (Å²) in [5.74, 6) is 0. The number of nitrogen functional groups attached to an aromatic ring is 1. The predicted molar refractivity (Wildman–Crippen MR) is 75.2 cm³/mol. The van der Waals surface area contributed by atoms with Crippen molar-refractivity contribution in [2.24, 2.45) is 0 Å². The molecule has 0 atom stereocenters. The van der Waals surface area contributed by atoms with E-state index in [4.69, 9.17) is 5.73 Å². The van der Waals surface area contributed by atoms with E-state index in [2.05, 4.69) is 20.2 Å². The van der Waals surface area contributed by atoms with E-state index in [1.807, 2.05) is 31.2 Å². The fraction of sp³-hybridized carbons (Fsp3) is 0.0714. The zero-order chi connectivity index (χ0) is 13.2. The summed E-state index contributed by atoms with van der Waals surface area (Å²) in [4.78, 5) is 8.17. The molecular weight excluding hydrogens is 245 g/mol. The van der Waals surface area contributed by atoms with E-state index in [0.29, 0.717) is 0 Å². The van der Waals surface area contributed by atoms with Crippen LogP contribution in [0.4, 0.5) is 5.69 Å². The van der Waals surface area contributed by atoms with Crippen LogP contribution in [0, 0.1) is 6.92 Å². The molecule has 0 bridgehead atoms. The number of fused-ring (bicyclic) bond motifs is 1. The van der Waals surface area contributed by atoms with Gasteiger partial charge in [-0.2, -0.15) is 0 Å². The quantitative estimate of drug-likeness (QED) is 0.473. The summed E-state index contributed by atoms with van der Waals surface area (Å²) < 4.78 is 0. The summed E-state index contributed by atoms with van der Waals surface area (Å²) in [6.07, 6.45) is 8.70. The first-order valence-electron chi connectivity index (χ1n) is 5.87. The van der Waals surface area contributed by atoms with Crippen molar-refractivity contribution in [3.05, 3.63) is 47.7 Å². The predicted octanol–water partition coefficient (Wildman–Crippen LogP) is -0.953. The van der Waals surface area contributed by atoms with Gasteiger partial charge in [-0.15, -0.1) is 5.52 Å². The van der Waals surface area contributed by atoms with Gasteiger partial charge in [0.15, 0.2) is 0 Å². The molecule has 20 heavy (non-hydrogen) atoms. The molecule has 0 aliphatic rings. The summed E-state index contributed by atoms with van der Waals surface area (Å²) >= 11 is 0. The molecule has 3 aromatic rings. The minimum atomic E-state index is 0. The third kappa shape index (κ3) is 2.74. The first kappa shape index (κ1) is 14.3. The molecule has 0 amide bonds. The maximum absolute atomic E-state index is 5.92. The minimum absolute atomic E-state index is 0. The standard InChI is InChI=1S/C14H12N5.Li/c1-9-6-14-11(7-12(9)15)13(18-19-14)3-2-10-8-16-4-5-17-10;/h2-8H,15H2,1H3;/q-1;+1/b3-2+;. The molecule has 0 radical (unpaired) electrons. The summed E-state index contributed by atoms with van der Waals surface area (Å²) in [5, 5.41) is 9.24. The summed E-state index contributed by atoms with van der Waals surface area (Å²) in [6, 6.07) is 3.85. The van der Waals surface area contributed by atoms with Crippen LogP contribution in [0.5, 0.6) is 0 Å². The van der Waals surface area contributed by atoms with E-state index in [1.54, 1.807) is 18.6 Å². The Morgan fingerprint density at radius 2 is 2.05 bits per heavy atom. The van der Waals surface area contributed by atoms with Crippen molar-refractivity contribution in [1.29, 1.82) is 0 Å². The van der Waals surface area contributed by atoms with Crippen molar-refractivity contribution in [1.82, 2.24) is 20.2 Å². The van der Waals surface area contributed by atoms with Crippen LogP contribution < -0.4 is 29.7 Å². The van der Waals surface area contributed by atoms with Gasteiger partial charge in [-0.3, -0.25) is 9.97 Å². The normalized spacial score (nSPS) is 10.8. The van der Waals surface area contributed by atoms with Gasteiger partial charge in [0.25, 0.3) is 0 Å². The van der Waals surface area contributed by atoms with Crippen LogP contribution >= 0.6 is 0 Å². The van der Waals surface area contributed by atoms with Crippen LogP contribution in [-0.4, -0.2) is 15.1 Å². The molecule has 0 aliphatic heterocycles. The van der Waals surface area contributed by atoms with E-state index < -0.39 is 0 Å². The first-order chi connectivity index (χ1) is 9.24. The zero-order valence-electron chi connectivity index (χ0n) is 11.4. The van der Waals surface area contributed by atoms with Crippen molar-refractivity contribution in [3.63, 3.8) is 0 Å². The van der Waals surface area contributed by atoms with Crippen molar-refractivity contribution >= 4 is 28.7 Å². The maximum Gasteiger partial charge on any atom is 1.00 e. The molecule has 0 spiro atoms. The average Bonchev–Trinajstić information content (AvgIpc) is 2.80. The Labute approximate surface area is 128 Å². The number of nitrogens with two attached hydrogens (primary N) is 1. The number of rotatable bonds is 2. The topological polar surface area (TPSA) is 78.8 Å². The number of hydrogen-bond donors (Lipinski definition) is 1. The molecule has 5 nitrogen and oxygen atoms in total. The van der Waals surface area contributed by atoms with Crippen molar-refractivity contribution in [3.8, 4) is 0 Å². The van der Waals surface area contributed by atoms with E-state index in [0.717, 1.165) is 33.5 Å². The van der Waals surface area contributed by atoms with Crippen LogP contribution in [0.3, 0.4) is 0 Å². The molecule has 2 aromatic heterocycles. The maximum atomic E-state index is 5.92. The van der Waals surface area contributed by atoms with Gasteiger partial charge < -0.3 is 15.9 Å². The van der Waals surface area contributed by atoms with Crippen LogP contribution in [0.25, 0.3) is 23.1 Å². The molecule has 0 unspecified atom stereocenters. The molecule has 2 heterocycles. The molecule has 6 heteroatoms. The fourth-order valence-electron chi connectivity index (χ4n) is 1.84. The third-order valence-electron chi connectivity index (χ3n) is 2.92. The Bertz CT molecular complexity index is 749. The Morgan fingerprint density at radius 3 is 2.80 bits per heavy atom. The van der Waals surface area contributed by atoms with Crippen molar-refractivity contribution in [2.75, 3.05) is 5.73 Å². The molecule has 0 saturated heterocycles. The summed E-state index contributed by atoms with van der Waals surface area (Å²) in [6.45, 7) is 1.96.